The molecule has 1 atom stereocenters. The Morgan fingerprint density at radius 1 is 1.24 bits per heavy atom. The van der Waals surface area contributed by atoms with Gasteiger partial charge in [-0.1, -0.05) is 0 Å². The molecule has 1 aromatic heterocycles. The Balaban J connectivity index is 2.13. The standard InChI is InChI=1S/C14H16N4O3/c1-7-11-12(14(19)18-17-7)16-13(15-11)9-6-8(20-2)4-5-10(9)21-3/h4-7,17H,1-3H3,(H,15,16)(H,18,19)/p+1. The number of hydrogen-bond donors (Lipinski definition) is 3. The van der Waals surface area contributed by atoms with E-state index in [0.717, 1.165) is 11.3 Å². The van der Waals surface area contributed by atoms with Crippen molar-refractivity contribution in [2.75, 3.05) is 14.2 Å². The summed E-state index contributed by atoms with van der Waals surface area (Å²) in [7, 11) is 3.21. The number of carbonyl (C=O) groups is 1. The van der Waals surface area contributed by atoms with Crippen LogP contribution in [0.25, 0.3) is 11.4 Å². The molecule has 110 valence electrons. The molecule has 0 aliphatic carbocycles. The topological polar surface area (TPSA) is 89.5 Å². The van der Waals surface area contributed by atoms with Crippen LogP contribution in [0.4, 0.5) is 0 Å². The summed E-state index contributed by atoms with van der Waals surface area (Å²) in [6.07, 6.45) is 0. The second kappa shape index (κ2) is 5.10. The van der Waals surface area contributed by atoms with Gasteiger partial charge in [-0.3, -0.25) is 10.2 Å². The Kier molecular flexibility index (Phi) is 3.26. The van der Waals surface area contributed by atoms with Crippen LogP contribution in [-0.2, 0) is 0 Å². The zero-order valence-electron chi connectivity index (χ0n) is 12.0. The molecule has 1 aliphatic heterocycles. The van der Waals surface area contributed by atoms with Crippen LogP contribution in [0.2, 0.25) is 0 Å². The van der Waals surface area contributed by atoms with Gasteiger partial charge < -0.3 is 9.47 Å². The molecule has 0 spiro atoms. The largest absolute Gasteiger partial charge is 0.497 e. The lowest BCUT2D eigenvalue weighted by Gasteiger charge is -2.15. The number of H-pyrrole nitrogens is 2. The minimum Gasteiger partial charge on any atom is -0.497 e. The van der Waals surface area contributed by atoms with Crippen molar-refractivity contribution < 1.29 is 19.3 Å². The van der Waals surface area contributed by atoms with Gasteiger partial charge in [-0.25, -0.2) is 15.4 Å². The normalized spacial score (nSPS) is 17.1. The summed E-state index contributed by atoms with van der Waals surface area (Å²) in [6, 6.07) is 5.48. The average molecular weight is 289 g/mol. The maximum Gasteiger partial charge on any atom is 0.309 e. The SMILES string of the molecule is COc1ccc(OC)c(-c2[nH]c3c([nH+]2)C(=O)NNC3C)c1. The minimum atomic E-state index is -0.201. The van der Waals surface area contributed by atoms with Crippen molar-refractivity contribution in [2.45, 2.75) is 13.0 Å². The third-order valence-electron chi connectivity index (χ3n) is 3.52. The summed E-state index contributed by atoms with van der Waals surface area (Å²) < 4.78 is 10.6. The summed E-state index contributed by atoms with van der Waals surface area (Å²) in [5.74, 6) is 1.89. The molecule has 0 bridgehead atoms. The molecule has 0 fully saturated rings. The van der Waals surface area contributed by atoms with E-state index < -0.39 is 0 Å². The minimum absolute atomic E-state index is 0.0145. The molecule has 0 radical (unpaired) electrons. The van der Waals surface area contributed by atoms with Crippen LogP contribution in [0, 0.1) is 0 Å². The van der Waals surface area contributed by atoms with Crippen LogP contribution in [-0.4, -0.2) is 25.1 Å². The Morgan fingerprint density at radius 2 is 2.05 bits per heavy atom. The fraction of sp³-hybridized carbons (Fsp3) is 0.286. The number of imidazole rings is 1. The van der Waals surface area contributed by atoms with Gasteiger partial charge in [0.25, 0.3) is 5.82 Å². The van der Waals surface area contributed by atoms with Crippen molar-refractivity contribution in [3.05, 3.63) is 29.6 Å². The van der Waals surface area contributed by atoms with E-state index in [-0.39, 0.29) is 11.9 Å². The van der Waals surface area contributed by atoms with Crippen LogP contribution in [0.15, 0.2) is 18.2 Å². The van der Waals surface area contributed by atoms with Gasteiger partial charge in [0.1, 0.15) is 17.1 Å². The Bertz CT molecular complexity index is 696. The van der Waals surface area contributed by atoms with E-state index >= 15 is 0 Å². The van der Waals surface area contributed by atoms with E-state index in [4.69, 9.17) is 9.47 Å². The van der Waals surface area contributed by atoms with Crippen molar-refractivity contribution in [3.8, 4) is 22.9 Å². The van der Waals surface area contributed by atoms with E-state index in [1.54, 1.807) is 14.2 Å². The first-order chi connectivity index (χ1) is 10.1. The molecule has 0 saturated heterocycles. The molecule has 21 heavy (non-hydrogen) atoms. The molecule has 4 N–H and O–H groups in total. The highest BCUT2D eigenvalue weighted by atomic mass is 16.5. The monoisotopic (exact) mass is 289 g/mol. The van der Waals surface area contributed by atoms with E-state index in [1.165, 1.54) is 0 Å². The van der Waals surface area contributed by atoms with E-state index in [1.807, 2.05) is 25.1 Å². The lowest BCUT2D eigenvalue weighted by atomic mass is 10.1. The third-order valence-corrected chi connectivity index (χ3v) is 3.52. The molecule has 3 rings (SSSR count). The number of fused-ring (bicyclic) bond motifs is 1. The fourth-order valence-corrected chi connectivity index (χ4v) is 2.38. The number of aromatic amines is 2. The van der Waals surface area contributed by atoms with Crippen molar-refractivity contribution in [1.29, 1.82) is 0 Å². The summed E-state index contributed by atoms with van der Waals surface area (Å²) in [5, 5.41) is 0. The second-order valence-corrected chi connectivity index (χ2v) is 4.80. The molecule has 1 aromatic carbocycles. The van der Waals surface area contributed by atoms with Gasteiger partial charge in [-0.2, -0.15) is 0 Å². The lowest BCUT2D eigenvalue weighted by Crippen LogP contribution is -2.46. The third kappa shape index (κ3) is 2.21. The van der Waals surface area contributed by atoms with Crippen LogP contribution in [0.5, 0.6) is 11.5 Å². The van der Waals surface area contributed by atoms with Gasteiger partial charge in [0.05, 0.1) is 20.3 Å². The van der Waals surface area contributed by atoms with Gasteiger partial charge in [-0.05, 0) is 25.1 Å². The number of amides is 1. The maximum absolute atomic E-state index is 11.9. The first kappa shape index (κ1) is 13.4. The predicted molar refractivity (Wildman–Crippen MR) is 74.9 cm³/mol. The van der Waals surface area contributed by atoms with E-state index in [2.05, 4.69) is 20.8 Å². The summed E-state index contributed by atoms with van der Waals surface area (Å²) in [4.78, 5) is 18.2. The molecular formula is C14H17N4O3+. The zero-order valence-corrected chi connectivity index (χ0v) is 12.0. The highest BCUT2D eigenvalue weighted by molar-refractivity contribution is 5.93. The van der Waals surface area contributed by atoms with Gasteiger partial charge in [0.15, 0.2) is 5.69 Å². The highest BCUT2D eigenvalue weighted by Gasteiger charge is 2.33. The number of nitrogens with one attached hydrogen (secondary N) is 4. The Morgan fingerprint density at radius 3 is 2.71 bits per heavy atom. The quantitative estimate of drug-likeness (QED) is 0.780. The molecule has 7 heteroatoms. The van der Waals surface area contributed by atoms with Crippen molar-refractivity contribution >= 4 is 5.91 Å². The van der Waals surface area contributed by atoms with Crippen LogP contribution in [0.3, 0.4) is 0 Å². The smallest absolute Gasteiger partial charge is 0.309 e. The predicted octanol–water partition coefficient (Wildman–Crippen LogP) is 0.822. The van der Waals surface area contributed by atoms with Gasteiger partial charge in [0.2, 0.25) is 5.69 Å². The second-order valence-electron chi connectivity index (χ2n) is 4.80. The summed E-state index contributed by atoms with van der Waals surface area (Å²) in [5.41, 5.74) is 7.62. The van der Waals surface area contributed by atoms with Crippen LogP contribution >= 0.6 is 0 Å². The number of carbonyl (C=O) groups excluding carboxylic acids is 1. The molecule has 1 aliphatic rings. The first-order valence-corrected chi connectivity index (χ1v) is 6.57. The molecule has 2 aromatic rings. The number of ether oxygens (including phenoxy) is 2. The van der Waals surface area contributed by atoms with Crippen molar-refractivity contribution in [1.82, 2.24) is 15.8 Å². The number of hydrogen-bond acceptors (Lipinski definition) is 4. The Hall–Kier alpha value is -2.54. The number of rotatable bonds is 3. The van der Waals surface area contributed by atoms with Crippen LogP contribution < -0.4 is 25.3 Å². The molecule has 1 unspecified atom stereocenters. The van der Waals surface area contributed by atoms with E-state index in [9.17, 15) is 4.79 Å². The summed E-state index contributed by atoms with van der Waals surface area (Å²) in [6.45, 7) is 1.95. The lowest BCUT2D eigenvalue weighted by molar-refractivity contribution is -0.367. The molecule has 2 heterocycles. The number of aromatic nitrogens is 2. The Labute approximate surface area is 121 Å². The summed E-state index contributed by atoms with van der Waals surface area (Å²) >= 11 is 0. The molecular weight excluding hydrogens is 272 g/mol. The number of hydrazine groups is 1. The highest BCUT2D eigenvalue weighted by Crippen LogP contribution is 2.31. The first-order valence-electron chi connectivity index (χ1n) is 6.57. The van der Waals surface area contributed by atoms with Crippen LogP contribution in [0.1, 0.15) is 29.1 Å². The molecule has 7 nitrogen and oxygen atoms in total. The van der Waals surface area contributed by atoms with Gasteiger partial charge >= 0.3 is 5.91 Å². The van der Waals surface area contributed by atoms with Gasteiger partial charge in [0, 0.05) is 0 Å². The van der Waals surface area contributed by atoms with Crippen molar-refractivity contribution in [2.24, 2.45) is 0 Å². The van der Waals surface area contributed by atoms with Crippen molar-refractivity contribution in [3.63, 3.8) is 0 Å². The maximum atomic E-state index is 11.9. The molecule has 1 amide bonds. The number of methoxy groups -OCH3 is 2. The van der Waals surface area contributed by atoms with E-state index in [0.29, 0.717) is 23.0 Å². The fourth-order valence-electron chi connectivity index (χ4n) is 2.38. The number of benzene rings is 1. The average Bonchev–Trinajstić information content (AvgIpc) is 2.96. The van der Waals surface area contributed by atoms with Gasteiger partial charge in [-0.15, -0.1) is 0 Å². The molecule has 0 saturated carbocycles. The zero-order chi connectivity index (χ0) is 15.0.